The summed E-state index contributed by atoms with van der Waals surface area (Å²) in [4.78, 5) is 0.830. The number of hydrogen-bond acceptors (Lipinski definition) is 1. The molecular weight excluding hydrogens is 859 g/mol. The lowest BCUT2D eigenvalue weighted by molar-refractivity contribution is 1.13. The van der Waals surface area contributed by atoms with Gasteiger partial charge in [0.2, 0.25) is 0 Å². The van der Waals surface area contributed by atoms with Crippen molar-refractivity contribution in [3.05, 3.63) is 28.8 Å². The highest BCUT2D eigenvalue weighted by atomic mass is 80.0. The number of alkyl halides is 9. The molecule has 0 unspecified atom stereocenters. The zero-order valence-corrected chi connectivity index (χ0v) is 23.7. The number of benzene rings is 1. The fraction of sp³-hybridized carbons (Fsp3) is 0.333. The van der Waals surface area contributed by atoms with E-state index in [1.165, 1.54) is 0 Å². The highest BCUT2D eigenvalue weighted by Gasteiger charge is 2.39. The number of halogens is 9. The normalized spacial score (nSPS) is 13.8. The average Bonchev–Trinajstić information content (AvgIpc) is 2.11. The van der Waals surface area contributed by atoms with Crippen molar-refractivity contribution in [2.45, 2.75) is 11.3 Å². The number of thiol groups is 1. The molecule has 19 heavy (non-hydrogen) atoms. The fourth-order valence-corrected chi connectivity index (χ4v) is 4.80. The standard InChI is InChI=1S/C9H3Br9S/c10-7(11,12)4-1-3(19)2-5(8(13,14)15)6(4)9(16,17)18/h1-2,19H. The molecule has 0 bridgehead atoms. The average molecular weight is 862 g/mol. The van der Waals surface area contributed by atoms with Gasteiger partial charge in [-0.15, -0.1) is 12.6 Å². The van der Waals surface area contributed by atoms with E-state index in [9.17, 15) is 0 Å². The van der Waals surface area contributed by atoms with Crippen molar-refractivity contribution in [3.63, 3.8) is 0 Å². The Bertz CT molecular complexity index is 445. The van der Waals surface area contributed by atoms with Gasteiger partial charge in [0.05, 0.1) is 0 Å². The summed E-state index contributed by atoms with van der Waals surface area (Å²) in [6.45, 7) is 0. The van der Waals surface area contributed by atoms with Gasteiger partial charge in [-0.25, -0.2) is 0 Å². The summed E-state index contributed by atoms with van der Waals surface area (Å²) < 4.78 is -1.75. The molecule has 10 heteroatoms. The van der Waals surface area contributed by atoms with E-state index in [-0.39, 0.29) is 0 Å². The van der Waals surface area contributed by atoms with E-state index >= 15 is 0 Å². The summed E-state index contributed by atoms with van der Waals surface area (Å²) in [6.07, 6.45) is 0. The minimum absolute atomic E-state index is 0.575. The van der Waals surface area contributed by atoms with E-state index in [0.717, 1.165) is 21.6 Å². The Morgan fingerprint density at radius 1 is 0.632 bits per heavy atom. The largest absolute Gasteiger partial charge is 0.160 e. The summed E-state index contributed by atoms with van der Waals surface area (Å²) in [5, 5.41) is 0. The molecule has 0 amide bonds. The maximum atomic E-state index is 4.46. The van der Waals surface area contributed by atoms with Crippen LogP contribution in [0.15, 0.2) is 17.0 Å². The fourth-order valence-electron chi connectivity index (χ4n) is 1.38. The Balaban J connectivity index is 3.80. The first kappa shape index (κ1) is 20.9. The van der Waals surface area contributed by atoms with E-state index in [1.807, 2.05) is 12.1 Å². The molecule has 0 aromatic heterocycles. The van der Waals surface area contributed by atoms with Crippen molar-refractivity contribution in [1.29, 1.82) is 0 Å². The van der Waals surface area contributed by atoms with Gasteiger partial charge in [0.15, 0.2) is 6.43 Å². The highest BCUT2D eigenvalue weighted by Crippen LogP contribution is 2.59. The third-order valence-corrected chi connectivity index (χ3v) is 6.03. The van der Waals surface area contributed by atoms with E-state index in [4.69, 9.17) is 0 Å². The molecule has 0 saturated heterocycles. The van der Waals surface area contributed by atoms with Gasteiger partial charge < -0.3 is 0 Å². The lowest BCUT2D eigenvalue weighted by Gasteiger charge is -2.29. The van der Waals surface area contributed by atoms with Gasteiger partial charge in [-0.05, 0) is 23.3 Å². The molecule has 108 valence electrons. The van der Waals surface area contributed by atoms with Crippen LogP contribution in [0, 0.1) is 0 Å². The van der Waals surface area contributed by atoms with Crippen LogP contribution in [0.2, 0.25) is 0 Å². The lowest BCUT2D eigenvalue weighted by atomic mass is 10.0. The second-order valence-electron chi connectivity index (χ2n) is 3.41. The zero-order valence-electron chi connectivity index (χ0n) is 8.50. The molecule has 0 saturated carbocycles. The van der Waals surface area contributed by atoms with Crippen LogP contribution in [0.25, 0.3) is 0 Å². The third kappa shape index (κ3) is 6.03. The molecule has 0 spiro atoms. The van der Waals surface area contributed by atoms with Crippen molar-refractivity contribution in [2.24, 2.45) is 0 Å². The van der Waals surface area contributed by atoms with Crippen LogP contribution in [0.5, 0.6) is 0 Å². The lowest BCUT2D eigenvalue weighted by Crippen LogP contribution is -2.17. The van der Waals surface area contributed by atoms with E-state index in [2.05, 4.69) is 156 Å². The van der Waals surface area contributed by atoms with Gasteiger partial charge in [0, 0.05) is 10.5 Å². The molecule has 0 aliphatic heterocycles. The minimum atomic E-state index is -0.597. The molecular formula is C9H3Br9S. The zero-order chi connectivity index (χ0) is 15.2. The molecule has 0 nitrogen and oxygen atoms in total. The van der Waals surface area contributed by atoms with Crippen LogP contribution in [-0.2, 0) is 6.43 Å². The molecule has 0 aliphatic rings. The third-order valence-electron chi connectivity index (χ3n) is 2.02. The maximum absolute atomic E-state index is 4.46. The summed E-state index contributed by atoms with van der Waals surface area (Å²) in [7, 11) is 0. The molecule has 1 aromatic rings. The van der Waals surface area contributed by atoms with Crippen molar-refractivity contribution in [1.82, 2.24) is 0 Å². The Kier molecular flexibility index (Phi) is 8.17. The molecule has 0 heterocycles. The predicted molar refractivity (Wildman–Crippen MR) is 119 cm³/mol. The smallest absolute Gasteiger partial charge is 0.143 e. The van der Waals surface area contributed by atoms with Crippen LogP contribution >= 0.6 is 156 Å². The van der Waals surface area contributed by atoms with E-state index < -0.39 is 6.43 Å². The first-order valence-electron chi connectivity index (χ1n) is 4.33. The number of hydrogen-bond donors (Lipinski definition) is 1. The van der Waals surface area contributed by atoms with Gasteiger partial charge in [0.25, 0.3) is 0 Å². The summed E-state index contributed by atoms with van der Waals surface area (Å²) >= 11 is 36.5. The number of rotatable bonds is 0. The Morgan fingerprint density at radius 3 is 1.16 bits per heavy atom. The van der Waals surface area contributed by atoms with Crippen molar-refractivity contribution < 1.29 is 0 Å². The summed E-state index contributed by atoms with van der Waals surface area (Å²) in [5.74, 6) is 0. The summed E-state index contributed by atoms with van der Waals surface area (Å²) in [5.41, 5.74) is 2.85. The first-order valence-corrected chi connectivity index (χ1v) is 11.9. The van der Waals surface area contributed by atoms with Gasteiger partial charge in [-0.3, -0.25) is 0 Å². The first-order chi connectivity index (χ1) is 8.24. The topological polar surface area (TPSA) is 0 Å². The molecule has 0 atom stereocenters. The van der Waals surface area contributed by atoms with Crippen LogP contribution in [-0.4, -0.2) is 0 Å². The molecule has 0 radical (unpaired) electrons. The Morgan fingerprint density at radius 2 is 0.947 bits per heavy atom. The highest BCUT2D eigenvalue weighted by molar-refractivity contribution is 9.39. The second-order valence-corrected chi connectivity index (χ2v) is 24.2. The maximum Gasteiger partial charge on any atom is 0.160 e. The van der Waals surface area contributed by atoms with E-state index in [1.54, 1.807) is 0 Å². The molecule has 0 N–H and O–H groups in total. The molecule has 1 rings (SSSR count). The second kappa shape index (κ2) is 7.42. The van der Waals surface area contributed by atoms with Crippen LogP contribution in [0.4, 0.5) is 0 Å². The SMILES string of the molecule is Sc1cc(C(Br)(Br)Br)c(C(Br)(Br)Br)c(C(Br)(Br)Br)c1. The van der Waals surface area contributed by atoms with Crippen molar-refractivity contribution >= 4 is 156 Å². The van der Waals surface area contributed by atoms with Crippen molar-refractivity contribution in [2.75, 3.05) is 0 Å². The minimum Gasteiger partial charge on any atom is -0.143 e. The monoisotopic (exact) mass is 853 g/mol. The van der Waals surface area contributed by atoms with Crippen molar-refractivity contribution in [3.8, 4) is 0 Å². The van der Waals surface area contributed by atoms with Gasteiger partial charge >= 0.3 is 0 Å². The van der Waals surface area contributed by atoms with Gasteiger partial charge in [-0.1, -0.05) is 143 Å². The van der Waals surface area contributed by atoms with E-state index in [0.29, 0.717) is 0 Å². The Labute approximate surface area is 192 Å². The van der Waals surface area contributed by atoms with Crippen LogP contribution < -0.4 is 0 Å². The Hall–Kier alpha value is 3.89. The molecule has 0 fully saturated rings. The summed E-state index contributed by atoms with van der Waals surface area (Å²) in [6, 6.07) is 3.91. The van der Waals surface area contributed by atoms with Crippen LogP contribution in [0.3, 0.4) is 0 Å². The van der Waals surface area contributed by atoms with Gasteiger partial charge in [0.1, 0.15) is 0 Å². The molecule has 0 aliphatic carbocycles. The quantitative estimate of drug-likeness (QED) is 0.196. The van der Waals surface area contributed by atoms with Crippen LogP contribution in [0.1, 0.15) is 16.7 Å². The van der Waals surface area contributed by atoms with Gasteiger partial charge in [-0.2, -0.15) is 0 Å². The predicted octanol–water partition coefficient (Wildman–Crippen LogP) is 8.86. The molecule has 1 aromatic carbocycles.